The van der Waals surface area contributed by atoms with Crippen molar-refractivity contribution in [3.8, 4) is 11.3 Å². The second-order valence-electron chi connectivity index (χ2n) is 7.25. The van der Waals surface area contributed by atoms with Gasteiger partial charge in [0, 0.05) is 56.0 Å². The molecule has 7 heteroatoms. The zero-order valence-electron chi connectivity index (χ0n) is 17.5. The number of imidazole rings is 1. The Morgan fingerprint density at radius 3 is 2.58 bits per heavy atom. The third-order valence-electron chi connectivity index (χ3n) is 5.13. The molecule has 0 saturated carbocycles. The highest BCUT2D eigenvalue weighted by molar-refractivity contribution is 7.15. The fourth-order valence-electron chi connectivity index (χ4n) is 3.41. The normalized spacial score (nSPS) is 11.0. The lowest BCUT2D eigenvalue weighted by atomic mass is 10.2. The molecule has 31 heavy (non-hydrogen) atoms. The molecular weight excluding hydrogens is 408 g/mol. The minimum atomic E-state index is -0.0806. The molecule has 0 fully saturated rings. The van der Waals surface area contributed by atoms with Crippen LogP contribution in [0.15, 0.2) is 72.2 Å². The highest BCUT2D eigenvalue weighted by Crippen LogP contribution is 2.23. The van der Waals surface area contributed by atoms with Crippen molar-refractivity contribution in [2.75, 3.05) is 26.8 Å². The van der Waals surface area contributed by atoms with Gasteiger partial charge in [-0.05, 0) is 5.56 Å². The zero-order valence-corrected chi connectivity index (χ0v) is 18.3. The molecular formula is C24H26N4O2S. The highest BCUT2D eigenvalue weighted by atomic mass is 32.1. The molecule has 0 unspecified atom stereocenters. The topological polar surface area (TPSA) is 58.9 Å². The van der Waals surface area contributed by atoms with Crippen molar-refractivity contribution in [1.82, 2.24) is 19.6 Å². The van der Waals surface area contributed by atoms with Crippen LogP contribution in [-0.4, -0.2) is 47.1 Å². The van der Waals surface area contributed by atoms with Crippen molar-refractivity contribution in [3.63, 3.8) is 0 Å². The molecule has 2 heterocycles. The average Bonchev–Trinajstić information content (AvgIpc) is 3.40. The third kappa shape index (κ3) is 5.31. The molecule has 2 amide bonds. The second kappa shape index (κ2) is 10.2. The maximum atomic E-state index is 12.8. The Morgan fingerprint density at radius 1 is 1.10 bits per heavy atom. The first-order valence-corrected chi connectivity index (χ1v) is 11.2. The van der Waals surface area contributed by atoms with Gasteiger partial charge in [-0.2, -0.15) is 0 Å². The van der Waals surface area contributed by atoms with E-state index in [1.807, 2.05) is 53.4 Å². The number of urea groups is 1. The first kappa shape index (κ1) is 21.1. The Kier molecular flexibility index (Phi) is 6.96. The van der Waals surface area contributed by atoms with Gasteiger partial charge in [-0.15, -0.1) is 11.3 Å². The van der Waals surface area contributed by atoms with E-state index in [1.54, 1.807) is 18.4 Å². The summed E-state index contributed by atoms with van der Waals surface area (Å²) in [6.07, 6.45) is 2.82. The van der Waals surface area contributed by atoms with Crippen LogP contribution >= 0.6 is 11.3 Å². The van der Waals surface area contributed by atoms with Gasteiger partial charge < -0.3 is 15.0 Å². The molecule has 0 atom stereocenters. The van der Waals surface area contributed by atoms with Crippen LogP contribution in [0.5, 0.6) is 0 Å². The van der Waals surface area contributed by atoms with Crippen molar-refractivity contribution >= 4 is 22.3 Å². The van der Waals surface area contributed by atoms with Gasteiger partial charge in [0.15, 0.2) is 4.96 Å². The van der Waals surface area contributed by atoms with Crippen LogP contribution in [0.2, 0.25) is 0 Å². The Hall–Kier alpha value is -3.16. The van der Waals surface area contributed by atoms with Crippen molar-refractivity contribution < 1.29 is 9.53 Å². The van der Waals surface area contributed by atoms with Crippen LogP contribution in [0, 0.1) is 0 Å². The molecule has 4 rings (SSSR count). The van der Waals surface area contributed by atoms with E-state index in [4.69, 9.17) is 9.72 Å². The second-order valence-corrected chi connectivity index (χ2v) is 8.08. The SMILES string of the molecule is COCCN(CCc1csc2nc(-c3ccccc3)cn12)C(=O)NCc1ccccc1. The summed E-state index contributed by atoms with van der Waals surface area (Å²) < 4.78 is 7.34. The number of rotatable bonds is 9. The first-order valence-electron chi connectivity index (χ1n) is 10.3. The van der Waals surface area contributed by atoms with Gasteiger partial charge in [-0.25, -0.2) is 9.78 Å². The van der Waals surface area contributed by atoms with E-state index >= 15 is 0 Å². The summed E-state index contributed by atoms with van der Waals surface area (Å²) in [6, 6.07) is 20.0. The standard InChI is InChI=1S/C24H26N4O2S/c1-30-15-14-27(23(29)25-16-19-8-4-2-5-9-19)13-12-21-18-31-24-26-22(17-28(21)24)20-10-6-3-7-11-20/h2-11,17-18H,12-16H2,1H3,(H,25,29). The fraction of sp³-hybridized carbons (Fsp3) is 0.250. The zero-order chi connectivity index (χ0) is 21.5. The number of methoxy groups -OCH3 is 1. The molecule has 160 valence electrons. The van der Waals surface area contributed by atoms with Crippen molar-refractivity contribution in [2.45, 2.75) is 13.0 Å². The molecule has 0 aliphatic carbocycles. The lowest BCUT2D eigenvalue weighted by Gasteiger charge is -2.22. The summed E-state index contributed by atoms with van der Waals surface area (Å²) in [5.41, 5.74) is 4.29. The molecule has 2 aromatic heterocycles. The number of fused-ring (bicyclic) bond motifs is 1. The summed E-state index contributed by atoms with van der Waals surface area (Å²) in [5.74, 6) is 0. The Balaban J connectivity index is 1.42. The van der Waals surface area contributed by atoms with Crippen LogP contribution in [0.4, 0.5) is 4.79 Å². The molecule has 2 aromatic carbocycles. The van der Waals surface area contributed by atoms with Gasteiger partial charge in [0.1, 0.15) is 0 Å². The number of hydrogen-bond donors (Lipinski definition) is 1. The number of aromatic nitrogens is 2. The largest absolute Gasteiger partial charge is 0.383 e. The van der Waals surface area contributed by atoms with Crippen molar-refractivity contribution in [2.24, 2.45) is 0 Å². The molecule has 0 bridgehead atoms. The van der Waals surface area contributed by atoms with Crippen LogP contribution < -0.4 is 5.32 Å². The monoisotopic (exact) mass is 434 g/mol. The predicted octanol–water partition coefficient (Wildman–Crippen LogP) is 4.46. The van der Waals surface area contributed by atoms with Crippen LogP contribution in [-0.2, 0) is 17.7 Å². The van der Waals surface area contributed by atoms with Gasteiger partial charge in [-0.1, -0.05) is 60.7 Å². The molecule has 0 radical (unpaired) electrons. The lowest BCUT2D eigenvalue weighted by molar-refractivity contribution is 0.149. The van der Waals surface area contributed by atoms with Gasteiger partial charge in [-0.3, -0.25) is 4.40 Å². The van der Waals surface area contributed by atoms with E-state index in [0.29, 0.717) is 26.2 Å². The van der Waals surface area contributed by atoms with E-state index in [0.717, 1.165) is 33.9 Å². The number of benzene rings is 2. The molecule has 6 nitrogen and oxygen atoms in total. The lowest BCUT2D eigenvalue weighted by Crippen LogP contribution is -2.42. The van der Waals surface area contributed by atoms with E-state index in [2.05, 4.69) is 33.4 Å². The summed E-state index contributed by atoms with van der Waals surface area (Å²) >= 11 is 1.62. The number of ether oxygens (including phenoxy) is 1. The number of thiazole rings is 1. The summed E-state index contributed by atoms with van der Waals surface area (Å²) in [7, 11) is 1.65. The maximum Gasteiger partial charge on any atom is 0.317 e. The number of nitrogens with zero attached hydrogens (tertiary/aromatic N) is 3. The van der Waals surface area contributed by atoms with E-state index < -0.39 is 0 Å². The maximum absolute atomic E-state index is 12.8. The third-order valence-corrected chi connectivity index (χ3v) is 6.02. The molecule has 0 spiro atoms. The Morgan fingerprint density at radius 2 is 1.84 bits per heavy atom. The van der Waals surface area contributed by atoms with Gasteiger partial charge in [0.2, 0.25) is 0 Å². The Labute approximate surface area is 186 Å². The Bertz CT molecular complexity index is 1110. The number of nitrogens with one attached hydrogen (secondary N) is 1. The highest BCUT2D eigenvalue weighted by Gasteiger charge is 2.15. The first-order chi connectivity index (χ1) is 15.2. The summed E-state index contributed by atoms with van der Waals surface area (Å²) in [5, 5.41) is 5.13. The van der Waals surface area contributed by atoms with E-state index in [9.17, 15) is 4.79 Å². The molecule has 0 saturated heterocycles. The molecule has 0 aliphatic rings. The minimum absolute atomic E-state index is 0.0806. The fourth-order valence-corrected chi connectivity index (χ4v) is 4.32. The van der Waals surface area contributed by atoms with Crippen LogP contribution in [0.3, 0.4) is 0 Å². The number of amides is 2. The number of carbonyl (C=O) groups is 1. The molecule has 0 aliphatic heterocycles. The molecule has 4 aromatic rings. The van der Waals surface area contributed by atoms with E-state index in [-0.39, 0.29) is 6.03 Å². The van der Waals surface area contributed by atoms with Crippen molar-refractivity contribution in [1.29, 1.82) is 0 Å². The number of carbonyl (C=O) groups excluding carboxylic acids is 1. The minimum Gasteiger partial charge on any atom is -0.383 e. The van der Waals surface area contributed by atoms with Gasteiger partial charge >= 0.3 is 6.03 Å². The quantitative estimate of drug-likeness (QED) is 0.423. The van der Waals surface area contributed by atoms with Gasteiger partial charge in [0.25, 0.3) is 0 Å². The smallest absolute Gasteiger partial charge is 0.317 e. The van der Waals surface area contributed by atoms with E-state index in [1.165, 1.54) is 0 Å². The summed E-state index contributed by atoms with van der Waals surface area (Å²) in [4.78, 5) is 20.3. The van der Waals surface area contributed by atoms with Crippen molar-refractivity contribution in [3.05, 3.63) is 83.5 Å². The predicted molar refractivity (Wildman–Crippen MR) is 124 cm³/mol. The van der Waals surface area contributed by atoms with Crippen LogP contribution in [0.1, 0.15) is 11.3 Å². The number of hydrogen-bond acceptors (Lipinski definition) is 4. The average molecular weight is 435 g/mol. The van der Waals surface area contributed by atoms with Gasteiger partial charge in [0.05, 0.1) is 12.3 Å². The summed E-state index contributed by atoms with van der Waals surface area (Å²) in [6.45, 7) is 2.16. The molecule has 1 N–H and O–H groups in total. The van der Waals surface area contributed by atoms with Crippen LogP contribution in [0.25, 0.3) is 16.2 Å².